The fourth-order valence-corrected chi connectivity index (χ4v) is 4.52. The van der Waals surface area contributed by atoms with E-state index in [1.54, 1.807) is 18.2 Å². The number of nitrogens with zero attached hydrogens (tertiary/aromatic N) is 1. The Morgan fingerprint density at radius 3 is 2.60 bits per heavy atom. The van der Waals surface area contributed by atoms with Crippen molar-refractivity contribution >= 4 is 34.2 Å². The van der Waals surface area contributed by atoms with Gasteiger partial charge in [0.2, 0.25) is 5.91 Å². The summed E-state index contributed by atoms with van der Waals surface area (Å²) in [6.07, 6.45) is 3.70. The number of aliphatic imine (C=N–C) groups is 1. The number of fused-ring (bicyclic) bond motifs is 1. The number of rotatable bonds is 5. The molecule has 30 heavy (non-hydrogen) atoms. The number of benzene rings is 2. The van der Waals surface area contributed by atoms with Gasteiger partial charge in [0.05, 0.1) is 29.0 Å². The van der Waals surface area contributed by atoms with Gasteiger partial charge in [0, 0.05) is 11.6 Å². The zero-order valence-electron chi connectivity index (χ0n) is 16.5. The first-order valence-electron chi connectivity index (χ1n) is 10.1. The van der Waals surface area contributed by atoms with Crippen molar-refractivity contribution in [2.45, 2.75) is 44.2 Å². The maximum Gasteiger partial charge on any atom is 0.230 e. The van der Waals surface area contributed by atoms with Crippen molar-refractivity contribution < 1.29 is 18.7 Å². The molecule has 0 radical (unpaired) electrons. The Labute approximate surface area is 179 Å². The number of amides is 1. The van der Waals surface area contributed by atoms with Crippen LogP contribution in [0.3, 0.4) is 0 Å². The smallest absolute Gasteiger partial charge is 0.230 e. The Hall–Kier alpha value is -2.67. The van der Waals surface area contributed by atoms with E-state index in [1.165, 1.54) is 23.9 Å². The number of nitrogens with one attached hydrogen (secondary N) is 1. The van der Waals surface area contributed by atoms with Crippen LogP contribution in [0.1, 0.15) is 42.5 Å². The lowest BCUT2D eigenvalue weighted by Crippen LogP contribution is -2.40. The van der Waals surface area contributed by atoms with Crippen molar-refractivity contribution in [2.75, 3.05) is 5.75 Å². The molecule has 156 valence electrons. The molecule has 1 aliphatic carbocycles. The molecule has 2 aromatic carbocycles. The molecular weight excluding hydrogens is 403 g/mol. The monoisotopic (exact) mass is 426 g/mol. The van der Waals surface area contributed by atoms with E-state index < -0.39 is 0 Å². The van der Waals surface area contributed by atoms with E-state index in [9.17, 15) is 14.0 Å². The van der Waals surface area contributed by atoms with Crippen LogP contribution < -0.4 is 10.1 Å². The number of para-hydroxylation sites is 1. The van der Waals surface area contributed by atoms with Crippen LogP contribution in [0.15, 0.2) is 53.5 Å². The average molecular weight is 427 g/mol. The normalized spacial score (nSPS) is 20.8. The molecule has 1 saturated carbocycles. The second kappa shape index (κ2) is 9.43. The fraction of sp³-hybridized carbons (Fsp3) is 0.348. The van der Waals surface area contributed by atoms with Crippen LogP contribution >= 0.6 is 11.8 Å². The highest BCUT2D eigenvalue weighted by Gasteiger charge is 2.25. The second-order valence-corrected chi connectivity index (χ2v) is 8.57. The van der Waals surface area contributed by atoms with Crippen LogP contribution in [-0.4, -0.2) is 34.6 Å². The zero-order chi connectivity index (χ0) is 20.9. The van der Waals surface area contributed by atoms with Crippen molar-refractivity contribution in [3.63, 3.8) is 0 Å². The van der Waals surface area contributed by atoms with Gasteiger partial charge >= 0.3 is 0 Å². The highest BCUT2D eigenvalue weighted by Crippen LogP contribution is 2.29. The van der Waals surface area contributed by atoms with E-state index in [-0.39, 0.29) is 41.8 Å². The van der Waals surface area contributed by atoms with Crippen LogP contribution in [0.25, 0.3) is 0 Å². The number of ether oxygens (including phenoxy) is 1. The van der Waals surface area contributed by atoms with Crippen LogP contribution in [-0.2, 0) is 4.79 Å². The summed E-state index contributed by atoms with van der Waals surface area (Å²) in [6, 6.07) is 13.5. The summed E-state index contributed by atoms with van der Waals surface area (Å²) in [5, 5.41) is 3.76. The van der Waals surface area contributed by atoms with Crippen molar-refractivity contribution in [1.82, 2.24) is 5.32 Å². The lowest BCUT2D eigenvalue weighted by atomic mass is 9.93. The van der Waals surface area contributed by atoms with Gasteiger partial charge in [-0.05, 0) is 62.1 Å². The van der Waals surface area contributed by atoms with Gasteiger partial charge < -0.3 is 10.1 Å². The highest BCUT2D eigenvalue weighted by atomic mass is 32.2. The van der Waals surface area contributed by atoms with Gasteiger partial charge in [-0.3, -0.25) is 9.59 Å². The third kappa shape index (κ3) is 5.27. The number of carbonyl (C=O) groups is 2. The van der Waals surface area contributed by atoms with E-state index in [2.05, 4.69) is 10.3 Å². The van der Waals surface area contributed by atoms with Crippen LogP contribution in [0, 0.1) is 5.82 Å². The molecule has 0 aromatic heterocycles. The first kappa shape index (κ1) is 20.6. The third-order valence-corrected chi connectivity index (χ3v) is 6.26. The molecule has 1 N–H and O–H groups in total. The number of hydrogen-bond donors (Lipinski definition) is 1. The molecule has 1 fully saturated rings. The largest absolute Gasteiger partial charge is 0.490 e. The van der Waals surface area contributed by atoms with Gasteiger partial charge in [-0.15, -0.1) is 11.8 Å². The second-order valence-electron chi connectivity index (χ2n) is 7.52. The Morgan fingerprint density at radius 2 is 1.83 bits per heavy atom. The van der Waals surface area contributed by atoms with E-state index in [0.29, 0.717) is 22.0 Å². The molecule has 2 aliphatic rings. The van der Waals surface area contributed by atoms with Gasteiger partial charge in [0.15, 0.2) is 5.78 Å². The first-order valence-corrected chi connectivity index (χ1v) is 11.1. The topological polar surface area (TPSA) is 67.8 Å². The molecule has 1 heterocycles. The van der Waals surface area contributed by atoms with Crippen LogP contribution in [0.2, 0.25) is 0 Å². The van der Waals surface area contributed by atoms with Gasteiger partial charge in [0.1, 0.15) is 11.6 Å². The molecule has 0 saturated heterocycles. The van der Waals surface area contributed by atoms with Crippen molar-refractivity contribution in [1.29, 1.82) is 0 Å². The van der Waals surface area contributed by atoms with Gasteiger partial charge in [-0.2, -0.15) is 0 Å². The van der Waals surface area contributed by atoms with Gasteiger partial charge in [0.25, 0.3) is 0 Å². The van der Waals surface area contributed by atoms with E-state index >= 15 is 0 Å². The minimum Gasteiger partial charge on any atom is -0.490 e. The molecule has 1 aliphatic heterocycles. The molecule has 0 spiro atoms. The summed E-state index contributed by atoms with van der Waals surface area (Å²) in [4.78, 5) is 29.1. The predicted octanol–water partition coefficient (Wildman–Crippen LogP) is 4.68. The molecule has 0 atom stereocenters. The summed E-state index contributed by atoms with van der Waals surface area (Å²) in [5.74, 6) is 0.643. The molecule has 1 amide bonds. The summed E-state index contributed by atoms with van der Waals surface area (Å²) in [5.41, 5.74) is 1.32. The lowest BCUT2D eigenvalue weighted by Gasteiger charge is -2.29. The molecule has 2 aromatic rings. The molecule has 0 unspecified atom stereocenters. The fourth-order valence-electron chi connectivity index (χ4n) is 3.75. The minimum absolute atomic E-state index is 0.0444. The Bertz CT molecular complexity index is 953. The molecule has 5 nitrogen and oxygen atoms in total. The summed E-state index contributed by atoms with van der Waals surface area (Å²) in [6.45, 7) is 0. The summed E-state index contributed by atoms with van der Waals surface area (Å²) < 4.78 is 18.9. The molecule has 0 bridgehead atoms. The lowest BCUT2D eigenvalue weighted by molar-refractivity contribution is -0.119. The van der Waals surface area contributed by atoms with Crippen LogP contribution in [0.4, 0.5) is 10.1 Å². The number of thioether (sulfide) groups is 1. The van der Waals surface area contributed by atoms with Gasteiger partial charge in [-0.1, -0.05) is 12.1 Å². The quantitative estimate of drug-likeness (QED) is 0.754. The predicted molar refractivity (Wildman–Crippen MR) is 116 cm³/mol. The molecule has 7 heteroatoms. The third-order valence-electron chi connectivity index (χ3n) is 5.29. The van der Waals surface area contributed by atoms with E-state index in [1.807, 2.05) is 18.2 Å². The highest BCUT2D eigenvalue weighted by molar-refractivity contribution is 8.14. The van der Waals surface area contributed by atoms with E-state index in [0.717, 1.165) is 25.7 Å². The first-order chi connectivity index (χ1) is 14.6. The molecular formula is C23H23FN2O3S. The maximum atomic E-state index is 13.0. The Balaban J connectivity index is 1.21. The van der Waals surface area contributed by atoms with Crippen molar-refractivity contribution in [3.05, 3.63) is 59.9 Å². The Kier molecular flexibility index (Phi) is 6.47. The maximum absolute atomic E-state index is 13.0. The number of Topliss-reactive ketones (excluding diaryl/α,β-unsaturated/α-hetero) is 1. The number of carbonyl (C=O) groups excluding carboxylic acids is 2. The number of ketones is 1. The number of halogens is 1. The van der Waals surface area contributed by atoms with Crippen molar-refractivity contribution in [2.24, 2.45) is 4.99 Å². The zero-order valence-corrected chi connectivity index (χ0v) is 17.3. The van der Waals surface area contributed by atoms with Crippen molar-refractivity contribution in [3.8, 4) is 5.75 Å². The minimum atomic E-state index is -0.278. The number of hydrogen-bond acceptors (Lipinski definition) is 5. The Morgan fingerprint density at radius 1 is 1.10 bits per heavy atom. The summed E-state index contributed by atoms with van der Waals surface area (Å²) in [7, 11) is 0. The van der Waals surface area contributed by atoms with Crippen LogP contribution in [0.5, 0.6) is 5.75 Å². The van der Waals surface area contributed by atoms with Gasteiger partial charge in [-0.25, -0.2) is 9.38 Å². The standard InChI is InChI=1S/C23H23FN2O3S/c24-15-5-9-17(10-6-15)29-18-11-7-16(8-12-18)25-22(28)14-30-23-13-21(27)19-3-1-2-4-20(19)26-23/h1-6,9-10,16,18H,7-8,11-14H2,(H,25,28). The molecule has 4 rings (SSSR count). The summed E-state index contributed by atoms with van der Waals surface area (Å²) >= 11 is 1.33. The van der Waals surface area contributed by atoms with E-state index in [4.69, 9.17) is 4.74 Å². The SMILES string of the molecule is O=C(CSC1=Nc2ccccc2C(=O)C1)NC1CCC(Oc2ccc(F)cc2)CC1. The average Bonchev–Trinajstić information content (AvgIpc) is 2.75.